The molecule has 2 aromatic carbocycles. The Morgan fingerprint density at radius 1 is 1.06 bits per heavy atom. The predicted octanol–water partition coefficient (Wildman–Crippen LogP) is 3.54. The zero-order valence-electron chi connectivity index (χ0n) is 18.4. The van der Waals surface area contributed by atoms with Gasteiger partial charge >= 0.3 is 6.03 Å². The van der Waals surface area contributed by atoms with Crippen molar-refractivity contribution in [2.75, 3.05) is 33.9 Å². The molecule has 1 fully saturated rings. The van der Waals surface area contributed by atoms with E-state index >= 15 is 0 Å². The van der Waals surface area contributed by atoms with Crippen LogP contribution < -0.4 is 20.1 Å². The van der Waals surface area contributed by atoms with Crippen molar-refractivity contribution in [3.63, 3.8) is 0 Å². The van der Waals surface area contributed by atoms with E-state index in [1.165, 1.54) is 0 Å². The minimum absolute atomic E-state index is 0.0176. The molecule has 0 bridgehead atoms. The highest BCUT2D eigenvalue weighted by Gasteiger charge is 2.25. The number of nitrogens with one attached hydrogen (secondary N) is 2. The number of hydrogen-bond donors (Lipinski definition) is 2. The van der Waals surface area contributed by atoms with E-state index in [1.54, 1.807) is 14.2 Å². The van der Waals surface area contributed by atoms with E-state index < -0.39 is 0 Å². The van der Waals surface area contributed by atoms with Gasteiger partial charge in [-0.25, -0.2) is 4.79 Å². The van der Waals surface area contributed by atoms with Crippen LogP contribution in [0.25, 0.3) is 0 Å². The van der Waals surface area contributed by atoms with E-state index in [9.17, 15) is 9.59 Å². The molecule has 1 heterocycles. The van der Waals surface area contributed by atoms with Gasteiger partial charge < -0.3 is 25.0 Å². The van der Waals surface area contributed by atoms with Crippen molar-refractivity contribution in [1.29, 1.82) is 0 Å². The lowest BCUT2D eigenvalue weighted by Crippen LogP contribution is -2.44. The highest BCUT2D eigenvalue weighted by Crippen LogP contribution is 2.28. The van der Waals surface area contributed by atoms with Gasteiger partial charge in [0.2, 0.25) is 0 Å². The number of carbonyl (C=O) groups excluding carboxylic acids is 2. The Balaban J connectivity index is 1.64. The molecule has 1 aliphatic heterocycles. The normalized spacial score (nSPS) is 15.8. The molecular formula is C24H31N3O4. The van der Waals surface area contributed by atoms with E-state index in [0.717, 1.165) is 30.5 Å². The van der Waals surface area contributed by atoms with Gasteiger partial charge in [0, 0.05) is 37.7 Å². The van der Waals surface area contributed by atoms with Crippen LogP contribution in [0, 0.1) is 0 Å². The summed E-state index contributed by atoms with van der Waals surface area (Å²) in [6, 6.07) is 13.3. The number of ether oxygens (including phenoxy) is 2. The fourth-order valence-electron chi connectivity index (χ4n) is 3.91. The highest BCUT2D eigenvalue weighted by molar-refractivity contribution is 5.94. The van der Waals surface area contributed by atoms with E-state index in [0.29, 0.717) is 36.7 Å². The minimum Gasteiger partial charge on any atom is -0.493 e. The molecular weight excluding hydrogens is 394 g/mol. The van der Waals surface area contributed by atoms with Crippen LogP contribution in [-0.2, 0) is 6.54 Å². The van der Waals surface area contributed by atoms with Crippen molar-refractivity contribution in [1.82, 2.24) is 15.5 Å². The lowest BCUT2D eigenvalue weighted by Gasteiger charge is -2.33. The maximum Gasteiger partial charge on any atom is 0.317 e. The summed E-state index contributed by atoms with van der Waals surface area (Å²) in [5, 5.41) is 5.84. The fraction of sp³-hybridized carbons (Fsp3) is 0.417. The number of amides is 3. The first kappa shape index (κ1) is 22.5. The molecule has 2 N–H and O–H groups in total. The van der Waals surface area contributed by atoms with Crippen LogP contribution in [0.5, 0.6) is 11.5 Å². The second-order valence-electron chi connectivity index (χ2n) is 7.62. The van der Waals surface area contributed by atoms with Crippen LogP contribution in [0.2, 0.25) is 0 Å². The number of hydrogen-bond acceptors (Lipinski definition) is 4. The molecule has 0 aromatic heterocycles. The van der Waals surface area contributed by atoms with Crippen LogP contribution in [0.4, 0.5) is 4.79 Å². The van der Waals surface area contributed by atoms with Gasteiger partial charge in [-0.15, -0.1) is 0 Å². The van der Waals surface area contributed by atoms with Gasteiger partial charge in [0.1, 0.15) is 0 Å². The number of likely N-dealkylation sites (tertiary alicyclic amines) is 1. The van der Waals surface area contributed by atoms with Gasteiger partial charge in [-0.1, -0.05) is 18.2 Å². The van der Waals surface area contributed by atoms with Gasteiger partial charge in [0.15, 0.2) is 11.5 Å². The summed E-state index contributed by atoms with van der Waals surface area (Å²) < 4.78 is 10.6. The van der Waals surface area contributed by atoms with Gasteiger partial charge in [-0.2, -0.15) is 0 Å². The highest BCUT2D eigenvalue weighted by atomic mass is 16.5. The number of urea groups is 1. The van der Waals surface area contributed by atoms with E-state index in [-0.39, 0.29) is 17.9 Å². The monoisotopic (exact) mass is 425 g/mol. The molecule has 0 radical (unpaired) electrons. The molecule has 2 aromatic rings. The first-order valence-electron chi connectivity index (χ1n) is 10.7. The Morgan fingerprint density at radius 2 is 1.87 bits per heavy atom. The van der Waals surface area contributed by atoms with Gasteiger partial charge in [0.25, 0.3) is 5.91 Å². The molecule has 3 amide bonds. The molecule has 7 nitrogen and oxygen atoms in total. The molecule has 0 spiro atoms. The standard InChI is InChI=1S/C24H31N3O4/c1-4-25-24(29)27-12-6-9-20(16-27)18-7-5-8-19(14-18)23(28)26-15-17-10-11-21(30-2)22(13-17)31-3/h5,7-8,10-11,13-14,20H,4,6,9,12,15-16H2,1-3H3,(H,25,29)(H,26,28). The van der Waals surface area contributed by atoms with Crippen LogP contribution in [0.3, 0.4) is 0 Å². The first-order valence-corrected chi connectivity index (χ1v) is 10.7. The first-order chi connectivity index (χ1) is 15.0. The van der Waals surface area contributed by atoms with Crippen molar-refractivity contribution in [2.24, 2.45) is 0 Å². The van der Waals surface area contributed by atoms with Crippen LogP contribution >= 0.6 is 0 Å². The van der Waals surface area contributed by atoms with E-state index in [2.05, 4.69) is 10.6 Å². The summed E-state index contributed by atoms with van der Waals surface area (Å²) in [5.41, 5.74) is 2.63. The molecule has 1 saturated heterocycles. The molecule has 1 unspecified atom stereocenters. The number of carbonyl (C=O) groups is 2. The number of piperidine rings is 1. The topological polar surface area (TPSA) is 79.9 Å². The molecule has 7 heteroatoms. The largest absolute Gasteiger partial charge is 0.493 e. The third-order valence-corrected chi connectivity index (χ3v) is 5.56. The quantitative estimate of drug-likeness (QED) is 0.711. The van der Waals surface area contributed by atoms with Crippen molar-refractivity contribution >= 4 is 11.9 Å². The van der Waals surface area contributed by atoms with Crippen molar-refractivity contribution < 1.29 is 19.1 Å². The summed E-state index contributed by atoms with van der Waals surface area (Å²) in [7, 11) is 3.18. The molecule has 0 saturated carbocycles. The Hall–Kier alpha value is -3.22. The van der Waals surface area contributed by atoms with Crippen molar-refractivity contribution in [3.05, 3.63) is 59.2 Å². The maximum absolute atomic E-state index is 12.7. The molecule has 3 rings (SSSR count). The number of methoxy groups -OCH3 is 2. The Labute approximate surface area is 183 Å². The molecule has 0 aliphatic carbocycles. The minimum atomic E-state index is -0.131. The summed E-state index contributed by atoms with van der Waals surface area (Å²) in [4.78, 5) is 26.8. The third-order valence-electron chi connectivity index (χ3n) is 5.56. The smallest absolute Gasteiger partial charge is 0.317 e. The van der Waals surface area contributed by atoms with Gasteiger partial charge in [-0.3, -0.25) is 4.79 Å². The summed E-state index contributed by atoms with van der Waals surface area (Å²) in [5.74, 6) is 1.38. The number of benzene rings is 2. The lowest BCUT2D eigenvalue weighted by atomic mass is 9.89. The molecule has 31 heavy (non-hydrogen) atoms. The average Bonchev–Trinajstić information content (AvgIpc) is 2.82. The van der Waals surface area contributed by atoms with Crippen molar-refractivity contribution in [2.45, 2.75) is 32.2 Å². The summed E-state index contributed by atoms with van der Waals surface area (Å²) in [6.45, 7) is 4.37. The van der Waals surface area contributed by atoms with Crippen LogP contribution in [0.15, 0.2) is 42.5 Å². The Bertz CT molecular complexity index is 915. The van der Waals surface area contributed by atoms with Crippen molar-refractivity contribution in [3.8, 4) is 11.5 Å². The molecule has 1 atom stereocenters. The second kappa shape index (κ2) is 10.7. The SMILES string of the molecule is CCNC(=O)N1CCCC(c2cccc(C(=O)NCc3ccc(OC)c(OC)c3)c2)C1. The number of nitrogens with zero attached hydrogens (tertiary/aromatic N) is 1. The Kier molecular flexibility index (Phi) is 7.76. The van der Waals surface area contributed by atoms with Gasteiger partial charge in [-0.05, 0) is 55.2 Å². The summed E-state index contributed by atoms with van der Waals surface area (Å²) in [6.07, 6.45) is 1.96. The van der Waals surface area contributed by atoms with E-state index in [4.69, 9.17) is 9.47 Å². The maximum atomic E-state index is 12.7. The lowest BCUT2D eigenvalue weighted by molar-refractivity contribution is 0.0950. The van der Waals surface area contributed by atoms with Crippen LogP contribution in [-0.4, -0.2) is 50.7 Å². The van der Waals surface area contributed by atoms with Gasteiger partial charge in [0.05, 0.1) is 14.2 Å². The Morgan fingerprint density at radius 3 is 2.61 bits per heavy atom. The third kappa shape index (κ3) is 5.69. The molecule has 1 aliphatic rings. The fourth-order valence-corrected chi connectivity index (χ4v) is 3.91. The summed E-state index contributed by atoms with van der Waals surface area (Å²) >= 11 is 0. The van der Waals surface area contributed by atoms with E-state index in [1.807, 2.05) is 54.3 Å². The average molecular weight is 426 g/mol. The zero-order valence-corrected chi connectivity index (χ0v) is 18.4. The molecule has 166 valence electrons. The predicted molar refractivity (Wildman–Crippen MR) is 120 cm³/mol. The van der Waals surface area contributed by atoms with Crippen LogP contribution in [0.1, 0.15) is 47.2 Å². The zero-order chi connectivity index (χ0) is 22.2. The second-order valence-corrected chi connectivity index (χ2v) is 7.62. The number of rotatable bonds is 7.